The molecule has 0 radical (unpaired) electrons. The first-order valence-corrected chi connectivity index (χ1v) is 7.15. The van der Waals surface area contributed by atoms with E-state index in [-0.39, 0.29) is 0 Å². The van der Waals surface area contributed by atoms with E-state index in [4.69, 9.17) is 0 Å². The maximum absolute atomic E-state index is 4.12. The Morgan fingerprint density at radius 3 is 3.06 bits per heavy atom. The summed E-state index contributed by atoms with van der Waals surface area (Å²) in [6.45, 7) is 2.05. The summed E-state index contributed by atoms with van der Waals surface area (Å²) in [6.07, 6.45) is 9.18. The molecule has 4 heteroatoms. The van der Waals surface area contributed by atoms with Crippen LogP contribution in [0.3, 0.4) is 0 Å². The molecule has 1 saturated carbocycles. The minimum absolute atomic E-state index is 0.572. The number of nitrogens with one attached hydrogen (secondary N) is 1. The number of thioether (sulfide) groups is 1. The Balaban J connectivity index is 1.94. The fourth-order valence-electron chi connectivity index (χ4n) is 2.23. The van der Waals surface area contributed by atoms with E-state index in [1.165, 1.54) is 25.7 Å². The highest BCUT2D eigenvalue weighted by atomic mass is 32.2. The molecule has 0 aromatic carbocycles. The summed E-state index contributed by atoms with van der Waals surface area (Å²) in [4.78, 5) is 0. The highest BCUT2D eigenvalue weighted by Gasteiger charge is 2.21. The van der Waals surface area contributed by atoms with Gasteiger partial charge in [0, 0.05) is 11.3 Å². The van der Waals surface area contributed by atoms with Crippen LogP contribution in [0.15, 0.2) is 12.3 Å². The van der Waals surface area contributed by atoms with Gasteiger partial charge in [0.15, 0.2) is 0 Å². The van der Waals surface area contributed by atoms with Gasteiger partial charge in [0.25, 0.3) is 0 Å². The van der Waals surface area contributed by atoms with E-state index in [1.54, 1.807) is 6.20 Å². The third kappa shape index (κ3) is 3.11. The van der Waals surface area contributed by atoms with Crippen molar-refractivity contribution < 1.29 is 0 Å². The highest BCUT2D eigenvalue weighted by molar-refractivity contribution is 7.99. The quantitative estimate of drug-likeness (QED) is 0.877. The van der Waals surface area contributed by atoms with Gasteiger partial charge in [-0.3, -0.25) is 0 Å². The molecule has 1 aromatic heterocycles. The third-order valence-corrected chi connectivity index (χ3v) is 4.20. The average molecular weight is 237 g/mol. The first-order valence-electron chi connectivity index (χ1n) is 5.86. The van der Waals surface area contributed by atoms with Crippen molar-refractivity contribution in [2.45, 2.75) is 43.9 Å². The van der Waals surface area contributed by atoms with Gasteiger partial charge < -0.3 is 5.32 Å². The van der Waals surface area contributed by atoms with Crippen LogP contribution in [0.4, 0.5) is 5.82 Å². The molecule has 1 aliphatic rings. The lowest BCUT2D eigenvalue weighted by molar-refractivity contribution is 0.472. The number of hydrogen-bond donors (Lipinski definition) is 1. The molecule has 0 aliphatic heterocycles. The Hall–Kier alpha value is -0.770. The lowest BCUT2D eigenvalue weighted by Crippen LogP contribution is -2.28. The fourth-order valence-corrected chi connectivity index (χ4v) is 3.06. The average Bonchev–Trinajstić information content (AvgIpc) is 2.29. The molecule has 2 unspecified atom stereocenters. The predicted octanol–water partition coefficient (Wildman–Crippen LogP) is 2.87. The van der Waals surface area contributed by atoms with Gasteiger partial charge >= 0.3 is 0 Å². The van der Waals surface area contributed by atoms with Gasteiger partial charge in [0.1, 0.15) is 5.82 Å². The summed E-state index contributed by atoms with van der Waals surface area (Å²) in [7, 11) is 0. The first kappa shape index (κ1) is 11.7. The molecule has 3 nitrogen and oxygen atoms in total. The number of anilines is 1. The number of aromatic nitrogens is 2. The zero-order valence-corrected chi connectivity index (χ0v) is 10.8. The zero-order chi connectivity index (χ0) is 11.4. The number of hydrogen-bond acceptors (Lipinski definition) is 4. The van der Waals surface area contributed by atoms with Gasteiger partial charge in [0.05, 0.1) is 6.20 Å². The summed E-state index contributed by atoms with van der Waals surface area (Å²) in [5, 5.41) is 12.4. The van der Waals surface area contributed by atoms with Crippen molar-refractivity contribution in [1.82, 2.24) is 10.2 Å². The highest BCUT2D eigenvalue weighted by Crippen LogP contribution is 2.28. The maximum atomic E-state index is 4.12. The van der Waals surface area contributed by atoms with Crippen LogP contribution in [-0.2, 0) is 0 Å². The second-order valence-electron chi connectivity index (χ2n) is 4.48. The number of nitrogens with zero attached hydrogens (tertiary/aromatic N) is 2. The van der Waals surface area contributed by atoms with E-state index in [9.17, 15) is 0 Å². The second-order valence-corrected chi connectivity index (χ2v) is 5.62. The van der Waals surface area contributed by atoms with E-state index < -0.39 is 0 Å². The Labute approximate surface area is 101 Å². The van der Waals surface area contributed by atoms with Crippen molar-refractivity contribution in [3.63, 3.8) is 0 Å². The first-order chi connectivity index (χ1) is 7.78. The van der Waals surface area contributed by atoms with Gasteiger partial charge in [-0.1, -0.05) is 6.42 Å². The normalized spacial score (nSPS) is 25.4. The molecule has 2 atom stereocenters. The van der Waals surface area contributed by atoms with Crippen molar-refractivity contribution in [3.05, 3.63) is 17.8 Å². The minimum atomic E-state index is 0.572. The number of aryl methyl sites for hydroxylation is 1. The molecular weight excluding hydrogens is 218 g/mol. The molecule has 1 N–H and O–H groups in total. The molecule has 0 amide bonds. The molecule has 0 bridgehead atoms. The van der Waals surface area contributed by atoms with Crippen LogP contribution in [-0.4, -0.2) is 27.7 Å². The van der Waals surface area contributed by atoms with E-state index in [0.29, 0.717) is 6.04 Å². The fraction of sp³-hybridized carbons (Fsp3) is 0.667. The van der Waals surface area contributed by atoms with Crippen molar-refractivity contribution in [1.29, 1.82) is 0 Å². The molecular formula is C12H19N3S. The van der Waals surface area contributed by atoms with Gasteiger partial charge in [-0.2, -0.15) is 16.9 Å². The van der Waals surface area contributed by atoms with E-state index in [0.717, 1.165) is 16.6 Å². The van der Waals surface area contributed by atoms with E-state index in [1.807, 2.05) is 18.7 Å². The smallest absolute Gasteiger partial charge is 0.149 e. The Bertz CT molecular complexity index is 343. The molecule has 0 saturated heterocycles. The van der Waals surface area contributed by atoms with Crippen molar-refractivity contribution >= 4 is 17.6 Å². The van der Waals surface area contributed by atoms with Crippen molar-refractivity contribution in [3.8, 4) is 0 Å². The van der Waals surface area contributed by atoms with Crippen molar-refractivity contribution in [2.75, 3.05) is 11.6 Å². The van der Waals surface area contributed by atoms with Gasteiger partial charge in [-0.25, -0.2) is 0 Å². The molecule has 88 valence electrons. The van der Waals surface area contributed by atoms with E-state index >= 15 is 0 Å². The summed E-state index contributed by atoms with van der Waals surface area (Å²) in [5.41, 5.74) is 1.16. The topological polar surface area (TPSA) is 37.8 Å². The summed E-state index contributed by atoms with van der Waals surface area (Å²) in [6, 6.07) is 2.64. The van der Waals surface area contributed by atoms with Crippen molar-refractivity contribution in [2.24, 2.45) is 0 Å². The molecule has 1 heterocycles. The molecule has 1 aromatic rings. The Kier molecular flexibility index (Phi) is 4.04. The van der Waals surface area contributed by atoms with Gasteiger partial charge in [0.2, 0.25) is 0 Å². The van der Waals surface area contributed by atoms with Gasteiger partial charge in [-0.05, 0) is 44.1 Å². The van der Waals surface area contributed by atoms with Crippen LogP contribution in [0.25, 0.3) is 0 Å². The van der Waals surface area contributed by atoms with E-state index in [2.05, 4.69) is 27.8 Å². The zero-order valence-electron chi connectivity index (χ0n) is 9.94. The lowest BCUT2D eigenvalue weighted by Gasteiger charge is -2.28. The lowest BCUT2D eigenvalue weighted by atomic mass is 9.95. The van der Waals surface area contributed by atoms with Gasteiger partial charge in [-0.15, -0.1) is 5.10 Å². The third-order valence-electron chi connectivity index (χ3n) is 3.10. The number of rotatable bonds is 3. The molecule has 2 rings (SSSR count). The largest absolute Gasteiger partial charge is 0.366 e. The molecule has 1 fully saturated rings. The summed E-state index contributed by atoms with van der Waals surface area (Å²) in [5.74, 6) is 0.923. The Morgan fingerprint density at radius 2 is 2.31 bits per heavy atom. The SMILES string of the molecule is CSC1CCCC(Nc2cc(C)cnn2)C1. The standard InChI is InChI=1S/C12H19N3S/c1-9-6-12(15-13-8-9)14-10-4-3-5-11(7-10)16-2/h6,8,10-11H,3-5,7H2,1-2H3,(H,14,15). The minimum Gasteiger partial charge on any atom is -0.366 e. The van der Waals surface area contributed by atoms with Crippen LogP contribution in [0, 0.1) is 6.92 Å². The Morgan fingerprint density at radius 1 is 1.44 bits per heavy atom. The molecule has 16 heavy (non-hydrogen) atoms. The predicted molar refractivity (Wildman–Crippen MR) is 70.0 cm³/mol. The maximum Gasteiger partial charge on any atom is 0.149 e. The van der Waals surface area contributed by atoms with Crippen LogP contribution >= 0.6 is 11.8 Å². The van der Waals surface area contributed by atoms with Crippen LogP contribution < -0.4 is 5.32 Å². The molecule has 1 aliphatic carbocycles. The summed E-state index contributed by atoms with van der Waals surface area (Å²) < 4.78 is 0. The van der Waals surface area contributed by atoms with Crippen LogP contribution in [0.2, 0.25) is 0 Å². The monoisotopic (exact) mass is 237 g/mol. The van der Waals surface area contributed by atoms with Crippen LogP contribution in [0.1, 0.15) is 31.2 Å². The van der Waals surface area contributed by atoms with Crippen LogP contribution in [0.5, 0.6) is 0 Å². The second kappa shape index (κ2) is 5.53. The summed E-state index contributed by atoms with van der Waals surface area (Å²) >= 11 is 1.99. The molecule has 0 spiro atoms.